The van der Waals surface area contributed by atoms with Crippen LogP contribution in [0.2, 0.25) is 5.02 Å². The fourth-order valence-electron chi connectivity index (χ4n) is 1.69. The first-order valence-electron chi connectivity index (χ1n) is 6.44. The molecular formula is C14H15ClN2O3S. The molecule has 1 aromatic heterocycles. The summed E-state index contributed by atoms with van der Waals surface area (Å²) in [6, 6.07) is 6.74. The van der Waals surface area contributed by atoms with Crippen molar-refractivity contribution in [3.05, 3.63) is 46.6 Å². The molecular weight excluding hydrogens is 312 g/mol. The molecule has 0 bridgehead atoms. The number of benzene rings is 1. The van der Waals surface area contributed by atoms with Gasteiger partial charge in [0.1, 0.15) is 6.61 Å². The first kappa shape index (κ1) is 15.7. The van der Waals surface area contributed by atoms with Gasteiger partial charge in [-0.15, -0.1) is 5.10 Å². The topological polar surface area (TPSA) is 53.4 Å². The number of ether oxygens (including phenoxy) is 2. The molecule has 0 aliphatic heterocycles. The molecule has 0 aliphatic rings. The molecule has 0 aliphatic carbocycles. The Balaban J connectivity index is 2.15. The Morgan fingerprint density at radius 2 is 2.24 bits per heavy atom. The van der Waals surface area contributed by atoms with E-state index in [1.165, 1.54) is 4.09 Å². The van der Waals surface area contributed by atoms with Gasteiger partial charge in [-0.2, -0.15) is 0 Å². The number of hydrogen-bond acceptors (Lipinski definition) is 5. The van der Waals surface area contributed by atoms with Gasteiger partial charge in [0.25, 0.3) is 0 Å². The lowest BCUT2D eigenvalue weighted by Gasteiger charge is -2.11. The molecule has 0 saturated heterocycles. The van der Waals surface area contributed by atoms with Crippen LogP contribution in [-0.4, -0.2) is 21.8 Å². The van der Waals surface area contributed by atoms with Crippen molar-refractivity contribution in [3.63, 3.8) is 0 Å². The van der Waals surface area contributed by atoms with Crippen molar-refractivity contribution < 1.29 is 14.3 Å². The SMILES string of the molecule is CCCOC(=O)c1cccc(Cl)c1COc1ccn(S)n1. The zero-order valence-corrected chi connectivity index (χ0v) is 13.1. The summed E-state index contributed by atoms with van der Waals surface area (Å²) in [6.45, 7) is 2.43. The van der Waals surface area contributed by atoms with E-state index in [9.17, 15) is 4.79 Å². The maximum absolute atomic E-state index is 12.0. The van der Waals surface area contributed by atoms with Crippen molar-refractivity contribution in [2.75, 3.05) is 6.61 Å². The van der Waals surface area contributed by atoms with Crippen molar-refractivity contribution in [2.24, 2.45) is 0 Å². The first-order chi connectivity index (χ1) is 10.1. The van der Waals surface area contributed by atoms with Gasteiger partial charge in [-0.3, -0.25) is 0 Å². The zero-order valence-electron chi connectivity index (χ0n) is 11.5. The van der Waals surface area contributed by atoms with Crippen molar-refractivity contribution in [2.45, 2.75) is 20.0 Å². The Morgan fingerprint density at radius 1 is 1.43 bits per heavy atom. The van der Waals surface area contributed by atoms with E-state index in [0.29, 0.717) is 28.6 Å². The Kier molecular flexibility index (Phi) is 5.52. The number of esters is 1. The molecule has 2 aromatic rings. The fraction of sp³-hybridized carbons (Fsp3) is 0.286. The van der Waals surface area contributed by atoms with Crippen LogP contribution < -0.4 is 4.74 Å². The van der Waals surface area contributed by atoms with Crippen LogP contribution in [0.15, 0.2) is 30.5 Å². The molecule has 0 N–H and O–H groups in total. The summed E-state index contributed by atoms with van der Waals surface area (Å²) in [5.41, 5.74) is 0.982. The summed E-state index contributed by atoms with van der Waals surface area (Å²) in [6.07, 6.45) is 2.40. The second-order valence-corrected chi connectivity index (χ2v) is 5.08. The van der Waals surface area contributed by atoms with Gasteiger partial charge in [-0.05, 0) is 31.4 Å². The van der Waals surface area contributed by atoms with E-state index in [2.05, 4.69) is 17.9 Å². The summed E-state index contributed by atoms with van der Waals surface area (Å²) in [5.74, 6) is -0.00419. The summed E-state index contributed by atoms with van der Waals surface area (Å²) < 4.78 is 12.0. The van der Waals surface area contributed by atoms with Gasteiger partial charge in [-0.1, -0.05) is 24.6 Å². The number of carbonyl (C=O) groups excluding carboxylic acids is 1. The molecule has 112 valence electrons. The standard InChI is InChI=1S/C14H15ClN2O3S/c1-2-8-19-14(18)10-4-3-5-12(15)11(10)9-20-13-6-7-17(21)16-13/h3-7,21H,2,8-9H2,1H3. The number of nitrogens with zero attached hydrogens (tertiary/aromatic N) is 2. The van der Waals surface area contributed by atoms with E-state index < -0.39 is 5.97 Å². The van der Waals surface area contributed by atoms with Crippen LogP contribution in [-0.2, 0) is 11.3 Å². The second-order valence-electron chi connectivity index (χ2n) is 4.26. The monoisotopic (exact) mass is 326 g/mol. The lowest BCUT2D eigenvalue weighted by Crippen LogP contribution is -2.11. The highest BCUT2D eigenvalue weighted by atomic mass is 35.5. The number of rotatable bonds is 6. The second kappa shape index (κ2) is 7.38. The van der Waals surface area contributed by atoms with Crippen LogP contribution in [0.4, 0.5) is 0 Å². The number of aromatic nitrogens is 2. The minimum absolute atomic E-state index is 0.126. The summed E-state index contributed by atoms with van der Waals surface area (Å²) in [7, 11) is 0. The third kappa shape index (κ3) is 4.15. The Morgan fingerprint density at radius 3 is 2.90 bits per heavy atom. The van der Waals surface area contributed by atoms with Crippen LogP contribution in [0.25, 0.3) is 0 Å². The molecule has 0 spiro atoms. The zero-order chi connectivity index (χ0) is 15.2. The average molecular weight is 327 g/mol. The molecule has 21 heavy (non-hydrogen) atoms. The van der Waals surface area contributed by atoms with Gasteiger partial charge in [0.05, 0.1) is 12.2 Å². The molecule has 0 radical (unpaired) electrons. The molecule has 0 saturated carbocycles. The van der Waals surface area contributed by atoms with Gasteiger partial charge >= 0.3 is 5.97 Å². The number of hydrogen-bond donors (Lipinski definition) is 1. The van der Waals surface area contributed by atoms with Gasteiger partial charge in [0, 0.05) is 22.8 Å². The molecule has 0 unspecified atom stereocenters. The molecule has 1 aromatic carbocycles. The Hall–Kier alpha value is -1.66. The molecule has 2 rings (SSSR count). The van der Waals surface area contributed by atoms with Gasteiger partial charge in [-0.25, -0.2) is 8.88 Å². The predicted octanol–water partition coefficient (Wildman–Crippen LogP) is 3.38. The van der Waals surface area contributed by atoms with E-state index in [1.54, 1.807) is 30.5 Å². The van der Waals surface area contributed by atoms with Crippen molar-refractivity contribution in [1.29, 1.82) is 0 Å². The quantitative estimate of drug-likeness (QED) is 0.653. The van der Waals surface area contributed by atoms with Crippen molar-refractivity contribution >= 4 is 30.4 Å². The lowest BCUT2D eigenvalue weighted by atomic mass is 10.1. The number of halogens is 1. The third-order valence-electron chi connectivity index (χ3n) is 2.69. The van der Waals surface area contributed by atoms with Crippen LogP contribution in [0.5, 0.6) is 5.88 Å². The molecule has 1 heterocycles. The minimum Gasteiger partial charge on any atom is -0.472 e. The summed E-state index contributed by atoms with van der Waals surface area (Å²) in [5, 5.41) is 4.43. The van der Waals surface area contributed by atoms with Crippen molar-refractivity contribution in [1.82, 2.24) is 9.19 Å². The predicted molar refractivity (Wildman–Crippen MR) is 83.0 cm³/mol. The fourth-order valence-corrected chi connectivity index (χ4v) is 2.07. The molecule has 0 atom stereocenters. The Bertz CT molecular complexity index is 630. The molecule has 7 heteroatoms. The molecule has 0 amide bonds. The summed E-state index contributed by atoms with van der Waals surface area (Å²) in [4.78, 5) is 12.0. The van der Waals surface area contributed by atoms with E-state index in [0.717, 1.165) is 6.42 Å². The highest BCUT2D eigenvalue weighted by Gasteiger charge is 2.16. The average Bonchev–Trinajstić information content (AvgIpc) is 2.89. The normalized spacial score (nSPS) is 10.4. The van der Waals surface area contributed by atoms with Gasteiger partial charge in [0.15, 0.2) is 0 Å². The maximum atomic E-state index is 12.0. The minimum atomic E-state index is -0.405. The number of carbonyl (C=O) groups is 1. The van der Waals surface area contributed by atoms with Crippen LogP contribution in [0, 0.1) is 0 Å². The van der Waals surface area contributed by atoms with E-state index in [4.69, 9.17) is 21.1 Å². The lowest BCUT2D eigenvalue weighted by molar-refractivity contribution is 0.0502. The maximum Gasteiger partial charge on any atom is 0.338 e. The Labute approximate surface area is 133 Å². The highest BCUT2D eigenvalue weighted by molar-refractivity contribution is 7.78. The van der Waals surface area contributed by atoms with Crippen LogP contribution in [0.3, 0.4) is 0 Å². The first-order valence-corrected chi connectivity index (χ1v) is 7.22. The van der Waals surface area contributed by atoms with Gasteiger partial charge < -0.3 is 9.47 Å². The van der Waals surface area contributed by atoms with Crippen molar-refractivity contribution in [3.8, 4) is 5.88 Å². The number of thiol groups is 1. The van der Waals surface area contributed by atoms with Crippen LogP contribution >= 0.6 is 24.4 Å². The van der Waals surface area contributed by atoms with E-state index in [-0.39, 0.29) is 6.61 Å². The van der Waals surface area contributed by atoms with Crippen LogP contribution in [0.1, 0.15) is 29.3 Å². The third-order valence-corrected chi connectivity index (χ3v) is 3.27. The largest absolute Gasteiger partial charge is 0.472 e. The van der Waals surface area contributed by atoms with E-state index >= 15 is 0 Å². The van der Waals surface area contributed by atoms with E-state index in [1.807, 2.05) is 6.92 Å². The highest BCUT2D eigenvalue weighted by Crippen LogP contribution is 2.23. The molecule has 5 nitrogen and oxygen atoms in total. The summed E-state index contributed by atoms with van der Waals surface area (Å²) >= 11 is 10.2. The smallest absolute Gasteiger partial charge is 0.338 e. The van der Waals surface area contributed by atoms with Gasteiger partial charge in [0.2, 0.25) is 5.88 Å². The molecule has 0 fully saturated rings.